The van der Waals surface area contributed by atoms with Gasteiger partial charge in [-0.05, 0) is 32.4 Å². The Labute approximate surface area is 128 Å². The van der Waals surface area contributed by atoms with Crippen molar-refractivity contribution >= 4 is 0 Å². The Morgan fingerprint density at radius 2 is 2.00 bits per heavy atom. The maximum atomic E-state index is 9.75. The summed E-state index contributed by atoms with van der Waals surface area (Å²) in [5.74, 6) is 2.21. The zero-order valence-corrected chi connectivity index (χ0v) is 13.9. The van der Waals surface area contributed by atoms with Crippen molar-refractivity contribution < 1.29 is 14.6 Å². The number of hydrogen-bond acceptors (Lipinski definition) is 4. The molecule has 1 rings (SSSR count). The minimum atomic E-state index is -0.713. The fourth-order valence-electron chi connectivity index (χ4n) is 1.85. The van der Waals surface area contributed by atoms with Crippen molar-refractivity contribution in [2.24, 2.45) is 5.92 Å². The Morgan fingerprint density at radius 3 is 2.57 bits per heavy atom. The molecule has 0 fully saturated rings. The molecule has 2 N–H and O–H groups in total. The summed E-state index contributed by atoms with van der Waals surface area (Å²) in [6, 6.07) is 5.86. The molecule has 0 aliphatic carbocycles. The second kappa shape index (κ2) is 8.25. The molecule has 4 nitrogen and oxygen atoms in total. The molecule has 0 radical (unpaired) electrons. The molecule has 1 aromatic rings. The van der Waals surface area contributed by atoms with Gasteiger partial charge in [-0.1, -0.05) is 19.9 Å². The number of hydrogen-bond donors (Lipinski definition) is 2. The summed E-state index contributed by atoms with van der Waals surface area (Å²) in [6.45, 7) is 10.1. The van der Waals surface area contributed by atoms with Gasteiger partial charge in [0.1, 0.15) is 11.5 Å². The van der Waals surface area contributed by atoms with E-state index in [1.165, 1.54) is 0 Å². The summed E-state index contributed by atoms with van der Waals surface area (Å²) < 4.78 is 11.1. The van der Waals surface area contributed by atoms with Gasteiger partial charge in [-0.3, -0.25) is 0 Å². The van der Waals surface area contributed by atoms with Gasteiger partial charge in [0.15, 0.2) is 0 Å². The molecule has 0 heterocycles. The third-order valence-corrected chi connectivity index (χ3v) is 3.11. The van der Waals surface area contributed by atoms with E-state index >= 15 is 0 Å². The van der Waals surface area contributed by atoms with Gasteiger partial charge in [0.2, 0.25) is 0 Å². The standard InChI is InChI=1S/C17H29NO3/c1-13(2)11-18-12-14-6-7-15(20-5)10-16(14)21-9-8-17(3,4)19/h6-7,10,13,18-19H,8-9,11-12H2,1-5H3. The largest absolute Gasteiger partial charge is 0.497 e. The molecule has 0 unspecified atom stereocenters. The number of ether oxygens (including phenoxy) is 2. The first-order valence-corrected chi connectivity index (χ1v) is 7.54. The SMILES string of the molecule is COc1ccc(CNCC(C)C)c(OCCC(C)(C)O)c1. The van der Waals surface area contributed by atoms with E-state index in [0.29, 0.717) is 18.9 Å². The molecule has 4 heteroatoms. The van der Waals surface area contributed by atoms with Crippen LogP contribution in [-0.4, -0.2) is 31.0 Å². The van der Waals surface area contributed by atoms with Crippen LogP contribution in [0.1, 0.15) is 39.7 Å². The minimum absolute atomic E-state index is 0.480. The topological polar surface area (TPSA) is 50.7 Å². The lowest BCUT2D eigenvalue weighted by molar-refractivity contribution is 0.0551. The molecule has 0 aliphatic heterocycles. The highest BCUT2D eigenvalue weighted by atomic mass is 16.5. The van der Waals surface area contributed by atoms with E-state index in [2.05, 4.69) is 19.2 Å². The third-order valence-electron chi connectivity index (χ3n) is 3.11. The van der Waals surface area contributed by atoms with Gasteiger partial charge in [-0.25, -0.2) is 0 Å². The molecular weight excluding hydrogens is 266 g/mol. The average Bonchev–Trinajstić information content (AvgIpc) is 2.38. The molecule has 1 aromatic carbocycles. The number of nitrogens with one attached hydrogen (secondary N) is 1. The smallest absolute Gasteiger partial charge is 0.127 e. The molecule has 0 saturated carbocycles. The number of methoxy groups -OCH3 is 1. The molecule has 0 bridgehead atoms. The van der Waals surface area contributed by atoms with Crippen LogP contribution < -0.4 is 14.8 Å². The Kier molecular flexibility index (Phi) is 6.99. The van der Waals surface area contributed by atoms with E-state index < -0.39 is 5.60 Å². The molecular formula is C17H29NO3. The quantitative estimate of drug-likeness (QED) is 0.735. The Morgan fingerprint density at radius 1 is 1.29 bits per heavy atom. The van der Waals surface area contributed by atoms with Gasteiger partial charge in [0.25, 0.3) is 0 Å². The van der Waals surface area contributed by atoms with Crippen LogP contribution in [0.15, 0.2) is 18.2 Å². The summed E-state index contributed by atoms with van der Waals surface area (Å²) in [5.41, 5.74) is 0.391. The van der Waals surface area contributed by atoms with Crippen molar-refractivity contribution in [2.45, 2.75) is 46.3 Å². The van der Waals surface area contributed by atoms with E-state index in [1.807, 2.05) is 18.2 Å². The fourth-order valence-corrected chi connectivity index (χ4v) is 1.85. The molecule has 0 spiro atoms. The second-order valence-electron chi connectivity index (χ2n) is 6.41. The van der Waals surface area contributed by atoms with Crippen LogP contribution in [0.3, 0.4) is 0 Å². The van der Waals surface area contributed by atoms with Crippen LogP contribution in [0, 0.1) is 5.92 Å². The lowest BCUT2D eigenvalue weighted by Gasteiger charge is -2.19. The Hall–Kier alpha value is -1.26. The van der Waals surface area contributed by atoms with Crippen LogP contribution in [0.25, 0.3) is 0 Å². The van der Waals surface area contributed by atoms with Crippen LogP contribution >= 0.6 is 0 Å². The van der Waals surface area contributed by atoms with Gasteiger partial charge >= 0.3 is 0 Å². The van der Waals surface area contributed by atoms with Crippen LogP contribution in [0.5, 0.6) is 11.5 Å². The van der Waals surface area contributed by atoms with Crippen molar-refractivity contribution in [1.82, 2.24) is 5.32 Å². The number of benzene rings is 1. The summed E-state index contributed by atoms with van der Waals surface area (Å²) in [6.07, 6.45) is 0.586. The molecule has 120 valence electrons. The molecule has 0 aliphatic rings. The summed E-state index contributed by atoms with van der Waals surface area (Å²) in [7, 11) is 1.65. The van der Waals surface area contributed by atoms with Crippen LogP contribution in [0.4, 0.5) is 0 Å². The lowest BCUT2D eigenvalue weighted by atomic mass is 10.1. The molecule has 0 amide bonds. The monoisotopic (exact) mass is 295 g/mol. The van der Waals surface area contributed by atoms with Gasteiger partial charge in [-0.2, -0.15) is 0 Å². The van der Waals surface area contributed by atoms with E-state index in [1.54, 1.807) is 21.0 Å². The minimum Gasteiger partial charge on any atom is -0.497 e. The van der Waals surface area contributed by atoms with E-state index in [4.69, 9.17) is 9.47 Å². The van der Waals surface area contributed by atoms with Crippen molar-refractivity contribution in [3.63, 3.8) is 0 Å². The molecule has 0 aromatic heterocycles. The van der Waals surface area contributed by atoms with Gasteiger partial charge in [0.05, 0.1) is 19.3 Å². The van der Waals surface area contributed by atoms with E-state index in [-0.39, 0.29) is 0 Å². The normalized spacial score (nSPS) is 11.8. The van der Waals surface area contributed by atoms with Crippen molar-refractivity contribution in [3.05, 3.63) is 23.8 Å². The maximum Gasteiger partial charge on any atom is 0.127 e. The predicted molar refractivity (Wildman–Crippen MR) is 85.9 cm³/mol. The molecule has 0 saturated heterocycles. The number of aliphatic hydroxyl groups is 1. The predicted octanol–water partition coefficient (Wildman–Crippen LogP) is 2.98. The first kappa shape index (κ1) is 17.8. The summed E-state index contributed by atoms with van der Waals surface area (Å²) in [4.78, 5) is 0. The first-order chi connectivity index (χ1) is 9.81. The van der Waals surface area contributed by atoms with Gasteiger partial charge in [0, 0.05) is 24.6 Å². The van der Waals surface area contributed by atoms with Gasteiger partial charge in [-0.15, -0.1) is 0 Å². The van der Waals surface area contributed by atoms with E-state index in [9.17, 15) is 5.11 Å². The first-order valence-electron chi connectivity index (χ1n) is 7.54. The van der Waals surface area contributed by atoms with Crippen molar-refractivity contribution in [1.29, 1.82) is 0 Å². The van der Waals surface area contributed by atoms with E-state index in [0.717, 1.165) is 30.2 Å². The maximum absolute atomic E-state index is 9.75. The highest BCUT2D eigenvalue weighted by Gasteiger charge is 2.13. The zero-order valence-electron chi connectivity index (χ0n) is 13.9. The second-order valence-corrected chi connectivity index (χ2v) is 6.41. The molecule has 21 heavy (non-hydrogen) atoms. The highest BCUT2D eigenvalue weighted by Crippen LogP contribution is 2.25. The lowest BCUT2D eigenvalue weighted by Crippen LogP contribution is -2.22. The number of rotatable bonds is 9. The fraction of sp³-hybridized carbons (Fsp3) is 0.647. The summed E-state index contributed by atoms with van der Waals surface area (Å²) in [5, 5.41) is 13.2. The summed E-state index contributed by atoms with van der Waals surface area (Å²) >= 11 is 0. The zero-order chi connectivity index (χ0) is 15.9. The Balaban J connectivity index is 2.67. The molecule has 0 atom stereocenters. The Bertz CT molecular complexity index is 425. The van der Waals surface area contributed by atoms with Crippen LogP contribution in [0.2, 0.25) is 0 Å². The average molecular weight is 295 g/mol. The van der Waals surface area contributed by atoms with Crippen molar-refractivity contribution in [3.8, 4) is 11.5 Å². The highest BCUT2D eigenvalue weighted by molar-refractivity contribution is 5.40. The van der Waals surface area contributed by atoms with Gasteiger partial charge < -0.3 is 19.9 Å². The van der Waals surface area contributed by atoms with Crippen molar-refractivity contribution in [2.75, 3.05) is 20.3 Å². The third kappa shape index (κ3) is 7.34. The van der Waals surface area contributed by atoms with Crippen LogP contribution in [-0.2, 0) is 6.54 Å².